The molecule has 0 spiro atoms. The van der Waals surface area contributed by atoms with Crippen LogP contribution in [0.2, 0.25) is 5.02 Å². The zero-order valence-electron chi connectivity index (χ0n) is 12.7. The molecule has 0 fully saturated rings. The number of hydrogen-bond acceptors (Lipinski definition) is 2. The summed E-state index contributed by atoms with van der Waals surface area (Å²) in [5.41, 5.74) is 10.4. The molecule has 0 aliphatic carbocycles. The fourth-order valence-corrected chi connectivity index (χ4v) is 2.79. The molecule has 0 radical (unpaired) electrons. The number of nitrogens with zero attached hydrogens (tertiary/aromatic N) is 2. The Hall–Kier alpha value is -1.39. The van der Waals surface area contributed by atoms with Gasteiger partial charge in [0.15, 0.2) is 0 Å². The SMILES string of the molecule is Cc1nn(C)c(C)c1CCC(N)Cc1cc(F)ccc1Cl. The molecule has 0 saturated heterocycles. The molecule has 1 aromatic carbocycles. The number of hydrogen-bond donors (Lipinski definition) is 1. The Kier molecular flexibility index (Phi) is 5.01. The topological polar surface area (TPSA) is 43.8 Å². The van der Waals surface area contributed by atoms with Crippen LogP contribution in [0.5, 0.6) is 0 Å². The Labute approximate surface area is 129 Å². The normalized spacial score (nSPS) is 12.7. The van der Waals surface area contributed by atoms with Gasteiger partial charge in [-0.15, -0.1) is 0 Å². The zero-order chi connectivity index (χ0) is 15.6. The second kappa shape index (κ2) is 6.58. The molecule has 2 rings (SSSR count). The van der Waals surface area contributed by atoms with Gasteiger partial charge in [0.2, 0.25) is 0 Å². The van der Waals surface area contributed by atoms with Gasteiger partial charge in [0.25, 0.3) is 0 Å². The van der Waals surface area contributed by atoms with Crippen molar-refractivity contribution in [3.63, 3.8) is 0 Å². The lowest BCUT2D eigenvalue weighted by atomic mass is 9.99. The molecule has 0 aliphatic heterocycles. The molecule has 2 N–H and O–H groups in total. The zero-order valence-corrected chi connectivity index (χ0v) is 13.4. The second-order valence-corrected chi connectivity index (χ2v) is 5.92. The van der Waals surface area contributed by atoms with Crippen LogP contribution in [-0.4, -0.2) is 15.8 Å². The van der Waals surface area contributed by atoms with E-state index in [1.54, 1.807) is 6.07 Å². The van der Waals surface area contributed by atoms with Crippen LogP contribution in [0.4, 0.5) is 4.39 Å². The molecule has 0 aliphatic rings. The van der Waals surface area contributed by atoms with Gasteiger partial charge in [0.05, 0.1) is 5.69 Å². The van der Waals surface area contributed by atoms with E-state index in [1.165, 1.54) is 23.4 Å². The molecule has 3 nitrogen and oxygen atoms in total. The maximum atomic E-state index is 13.2. The van der Waals surface area contributed by atoms with Crippen LogP contribution in [0.15, 0.2) is 18.2 Å². The van der Waals surface area contributed by atoms with Crippen LogP contribution in [0, 0.1) is 19.7 Å². The molecule has 21 heavy (non-hydrogen) atoms. The number of aryl methyl sites for hydroxylation is 2. The molecule has 5 heteroatoms. The van der Waals surface area contributed by atoms with Crippen LogP contribution in [-0.2, 0) is 19.9 Å². The van der Waals surface area contributed by atoms with E-state index in [1.807, 2.05) is 18.7 Å². The number of rotatable bonds is 5. The molecule has 0 amide bonds. The minimum Gasteiger partial charge on any atom is -0.327 e. The third kappa shape index (κ3) is 3.83. The molecule has 0 saturated carbocycles. The van der Waals surface area contributed by atoms with Crippen molar-refractivity contribution in [2.75, 3.05) is 0 Å². The Morgan fingerprint density at radius 2 is 2.10 bits per heavy atom. The Morgan fingerprint density at radius 1 is 1.38 bits per heavy atom. The summed E-state index contributed by atoms with van der Waals surface area (Å²) in [7, 11) is 1.94. The first-order valence-electron chi connectivity index (χ1n) is 7.07. The summed E-state index contributed by atoms with van der Waals surface area (Å²) in [5.74, 6) is -0.277. The minimum atomic E-state index is -0.277. The van der Waals surface area contributed by atoms with Crippen molar-refractivity contribution >= 4 is 11.6 Å². The summed E-state index contributed by atoms with van der Waals surface area (Å²) in [5, 5.41) is 4.97. The number of benzene rings is 1. The van der Waals surface area contributed by atoms with Crippen molar-refractivity contribution in [2.45, 2.75) is 39.2 Å². The average molecular weight is 310 g/mol. The van der Waals surface area contributed by atoms with E-state index in [2.05, 4.69) is 12.0 Å². The van der Waals surface area contributed by atoms with Gasteiger partial charge in [-0.25, -0.2) is 4.39 Å². The first kappa shape index (κ1) is 16.0. The van der Waals surface area contributed by atoms with E-state index < -0.39 is 0 Å². The molecule has 2 aromatic rings. The largest absolute Gasteiger partial charge is 0.327 e. The van der Waals surface area contributed by atoms with Gasteiger partial charge in [0.1, 0.15) is 5.82 Å². The summed E-state index contributed by atoms with van der Waals surface area (Å²) in [4.78, 5) is 0. The van der Waals surface area contributed by atoms with Gasteiger partial charge in [-0.05, 0) is 62.4 Å². The quantitative estimate of drug-likeness (QED) is 0.920. The van der Waals surface area contributed by atoms with Gasteiger partial charge < -0.3 is 5.73 Å². The average Bonchev–Trinajstić information content (AvgIpc) is 2.66. The third-order valence-corrected chi connectivity index (χ3v) is 4.28. The van der Waals surface area contributed by atoms with Crippen LogP contribution in [0.1, 0.15) is 28.9 Å². The lowest BCUT2D eigenvalue weighted by Gasteiger charge is -2.13. The minimum absolute atomic E-state index is 0.0525. The fraction of sp³-hybridized carbons (Fsp3) is 0.438. The molecular weight excluding hydrogens is 289 g/mol. The van der Waals surface area contributed by atoms with Crippen molar-refractivity contribution in [3.05, 3.63) is 51.6 Å². The van der Waals surface area contributed by atoms with E-state index in [0.29, 0.717) is 11.4 Å². The van der Waals surface area contributed by atoms with E-state index in [0.717, 1.165) is 24.1 Å². The summed E-state index contributed by atoms with van der Waals surface area (Å²) < 4.78 is 15.1. The molecule has 1 unspecified atom stereocenters. The summed E-state index contributed by atoms with van der Waals surface area (Å²) in [6.07, 6.45) is 2.27. The Bertz CT molecular complexity index is 637. The van der Waals surface area contributed by atoms with Crippen LogP contribution >= 0.6 is 11.6 Å². The van der Waals surface area contributed by atoms with Crippen LogP contribution in [0.3, 0.4) is 0 Å². The van der Waals surface area contributed by atoms with E-state index >= 15 is 0 Å². The summed E-state index contributed by atoms with van der Waals surface area (Å²) in [6.45, 7) is 4.07. The first-order chi connectivity index (χ1) is 9.88. The summed E-state index contributed by atoms with van der Waals surface area (Å²) in [6, 6.07) is 4.35. The van der Waals surface area contributed by atoms with Crippen molar-refractivity contribution < 1.29 is 4.39 Å². The Balaban J connectivity index is 1.99. The fourth-order valence-electron chi connectivity index (χ4n) is 2.59. The van der Waals surface area contributed by atoms with Gasteiger partial charge in [-0.3, -0.25) is 4.68 Å². The standard InChI is InChI=1S/C16H21ClFN3/c1-10-15(11(2)21(3)20-10)6-5-14(19)9-12-8-13(18)4-7-16(12)17/h4,7-8,14H,5-6,9,19H2,1-3H3. The van der Waals surface area contributed by atoms with Gasteiger partial charge in [0, 0.05) is 23.8 Å². The molecular formula is C16H21ClFN3. The highest BCUT2D eigenvalue weighted by atomic mass is 35.5. The Morgan fingerprint density at radius 3 is 2.71 bits per heavy atom. The predicted molar refractivity (Wildman–Crippen MR) is 84.1 cm³/mol. The van der Waals surface area contributed by atoms with E-state index in [4.69, 9.17) is 17.3 Å². The van der Waals surface area contributed by atoms with Gasteiger partial charge >= 0.3 is 0 Å². The van der Waals surface area contributed by atoms with Crippen LogP contribution < -0.4 is 5.73 Å². The van der Waals surface area contributed by atoms with E-state index in [-0.39, 0.29) is 11.9 Å². The molecule has 1 heterocycles. The van der Waals surface area contributed by atoms with Gasteiger partial charge in [-0.2, -0.15) is 5.10 Å². The van der Waals surface area contributed by atoms with Gasteiger partial charge in [-0.1, -0.05) is 11.6 Å². The first-order valence-corrected chi connectivity index (χ1v) is 7.45. The number of nitrogens with two attached hydrogens (primary N) is 1. The lowest BCUT2D eigenvalue weighted by Crippen LogP contribution is -2.24. The highest BCUT2D eigenvalue weighted by molar-refractivity contribution is 6.31. The van der Waals surface area contributed by atoms with Crippen LogP contribution in [0.25, 0.3) is 0 Å². The monoisotopic (exact) mass is 309 g/mol. The van der Waals surface area contributed by atoms with E-state index in [9.17, 15) is 4.39 Å². The van der Waals surface area contributed by atoms with Crippen molar-refractivity contribution in [2.24, 2.45) is 12.8 Å². The highest BCUT2D eigenvalue weighted by Crippen LogP contribution is 2.20. The smallest absolute Gasteiger partial charge is 0.123 e. The second-order valence-electron chi connectivity index (χ2n) is 5.51. The predicted octanol–water partition coefficient (Wildman–Crippen LogP) is 3.33. The molecule has 114 valence electrons. The maximum Gasteiger partial charge on any atom is 0.123 e. The molecule has 0 bridgehead atoms. The lowest BCUT2D eigenvalue weighted by molar-refractivity contribution is 0.597. The van der Waals surface area contributed by atoms with Crippen molar-refractivity contribution in [1.29, 1.82) is 0 Å². The molecule has 1 atom stereocenters. The summed E-state index contributed by atoms with van der Waals surface area (Å²) >= 11 is 6.08. The third-order valence-electron chi connectivity index (χ3n) is 3.91. The highest BCUT2D eigenvalue weighted by Gasteiger charge is 2.13. The van der Waals surface area contributed by atoms with Crippen molar-refractivity contribution in [3.8, 4) is 0 Å². The molecule has 1 aromatic heterocycles. The maximum absolute atomic E-state index is 13.2. The van der Waals surface area contributed by atoms with Crippen molar-refractivity contribution in [1.82, 2.24) is 9.78 Å². The number of aromatic nitrogens is 2. The number of halogens is 2.